The van der Waals surface area contributed by atoms with Crippen molar-refractivity contribution >= 4 is 0 Å². The lowest BCUT2D eigenvalue weighted by Crippen LogP contribution is -1.95. The van der Waals surface area contributed by atoms with Crippen molar-refractivity contribution in [3.63, 3.8) is 0 Å². The Bertz CT molecular complexity index is 186. The van der Waals surface area contributed by atoms with Crippen molar-refractivity contribution in [3.8, 4) is 0 Å². The molecule has 1 fully saturated rings. The Morgan fingerprint density at radius 1 is 1.40 bits per heavy atom. The molecule has 0 saturated heterocycles. The molecule has 0 bridgehead atoms. The number of allylic oxidation sites excluding steroid dienone is 2. The SMILES string of the molecule is C[C@@H]1C=C2[C@H](CC1)C2(C)C. The molecule has 56 valence electrons. The summed E-state index contributed by atoms with van der Waals surface area (Å²) in [4.78, 5) is 0. The molecule has 2 aliphatic rings. The van der Waals surface area contributed by atoms with Gasteiger partial charge in [-0.05, 0) is 30.1 Å². The first-order valence-electron chi connectivity index (χ1n) is 4.34. The van der Waals surface area contributed by atoms with Crippen LogP contribution in [0.3, 0.4) is 0 Å². The zero-order valence-corrected chi connectivity index (χ0v) is 7.15. The Morgan fingerprint density at radius 2 is 2.10 bits per heavy atom. The maximum absolute atomic E-state index is 2.49. The van der Waals surface area contributed by atoms with Crippen molar-refractivity contribution in [2.75, 3.05) is 0 Å². The van der Waals surface area contributed by atoms with E-state index in [1.165, 1.54) is 12.8 Å². The van der Waals surface area contributed by atoms with Crippen molar-refractivity contribution in [2.45, 2.75) is 33.6 Å². The Kier molecular flexibility index (Phi) is 1.07. The number of fused-ring (bicyclic) bond motifs is 1. The molecule has 0 aromatic heterocycles. The third kappa shape index (κ3) is 0.680. The predicted octanol–water partition coefficient (Wildman–Crippen LogP) is 3.00. The van der Waals surface area contributed by atoms with Gasteiger partial charge in [0.25, 0.3) is 0 Å². The molecular formula is C10H16. The van der Waals surface area contributed by atoms with Crippen LogP contribution in [0.4, 0.5) is 0 Å². The van der Waals surface area contributed by atoms with E-state index in [1.54, 1.807) is 5.57 Å². The van der Waals surface area contributed by atoms with E-state index < -0.39 is 0 Å². The molecule has 10 heavy (non-hydrogen) atoms. The van der Waals surface area contributed by atoms with Crippen LogP contribution >= 0.6 is 0 Å². The van der Waals surface area contributed by atoms with Gasteiger partial charge in [-0.2, -0.15) is 0 Å². The lowest BCUT2D eigenvalue weighted by molar-refractivity contribution is 0.488. The Labute approximate surface area is 63.3 Å². The second kappa shape index (κ2) is 1.66. The average molecular weight is 136 g/mol. The highest BCUT2D eigenvalue weighted by Crippen LogP contribution is 2.62. The molecule has 0 heterocycles. The van der Waals surface area contributed by atoms with E-state index >= 15 is 0 Å². The molecule has 0 aromatic rings. The summed E-state index contributed by atoms with van der Waals surface area (Å²) >= 11 is 0. The van der Waals surface area contributed by atoms with Crippen molar-refractivity contribution in [3.05, 3.63) is 11.6 Å². The predicted molar refractivity (Wildman–Crippen MR) is 43.8 cm³/mol. The third-order valence-corrected chi connectivity index (χ3v) is 3.28. The molecule has 2 atom stereocenters. The summed E-state index contributed by atoms with van der Waals surface area (Å²) in [5.74, 6) is 1.82. The molecule has 0 heteroatoms. The summed E-state index contributed by atoms with van der Waals surface area (Å²) in [5, 5.41) is 0. The molecular weight excluding hydrogens is 120 g/mol. The van der Waals surface area contributed by atoms with Crippen molar-refractivity contribution in [1.29, 1.82) is 0 Å². The minimum atomic E-state index is 0.588. The highest BCUT2D eigenvalue weighted by molar-refractivity contribution is 5.37. The molecule has 1 saturated carbocycles. The minimum absolute atomic E-state index is 0.588. The highest BCUT2D eigenvalue weighted by Gasteiger charge is 2.52. The molecule has 0 amide bonds. The van der Waals surface area contributed by atoms with Gasteiger partial charge >= 0.3 is 0 Å². The van der Waals surface area contributed by atoms with Gasteiger partial charge in [-0.15, -0.1) is 0 Å². The number of rotatable bonds is 0. The van der Waals surface area contributed by atoms with E-state index in [4.69, 9.17) is 0 Å². The molecule has 0 nitrogen and oxygen atoms in total. The van der Waals surface area contributed by atoms with E-state index in [0.29, 0.717) is 5.41 Å². The van der Waals surface area contributed by atoms with Gasteiger partial charge in [-0.1, -0.05) is 32.4 Å². The summed E-state index contributed by atoms with van der Waals surface area (Å²) in [7, 11) is 0. The second-order valence-corrected chi connectivity index (χ2v) is 4.45. The van der Waals surface area contributed by atoms with Gasteiger partial charge < -0.3 is 0 Å². The van der Waals surface area contributed by atoms with E-state index in [1.807, 2.05) is 0 Å². The monoisotopic (exact) mass is 136 g/mol. The topological polar surface area (TPSA) is 0 Å². The number of hydrogen-bond acceptors (Lipinski definition) is 0. The maximum Gasteiger partial charge on any atom is -0.00759 e. The standard InChI is InChI=1S/C10H16/c1-7-4-5-8-9(6-7)10(8,2)3/h6-8H,4-5H2,1-3H3/t7-,8-/m0/s1. The van der Waals surface area contributed by atoms with Crippen LogP contribution in [0.5, 0.6) is 0 Å². The average Bonchev–Trinajstić information content (AvgIpc) is 2.36. The maximum atomic E-state index is 2.49. The molecule has 0 radical (unpaired) electrons. The van der Waals surface area contributed by atoms with E-state index in [2.05, 4.69) is 26.8 Å². The minimum Gasteiger partial charge on any atom is -0.0816 e. The van der Waals surface area contributed by atoms with Crippen LogP contribution in [-0.2, 0) is 0 Å². The van der Waals surface area contributed by atoms with Gasteiger partial charge in [0.15, 0.2) is 0 Å². The summed E-state index contributed by atoms with van der Waals surface area (Å²) in [6, 6.07) is 0. The zero-order chi connectivity index (χ0) is 7.35. The highest BCUT2D eigenvalue weighted by atomic mass is 14.6. The van der Waals surface area contributed by atoms with Crippen LogP contribution in [-0.4, -0.2) is 0 Å². The van der Waals surface area contributed by atoms with Crippen molar-refractivity contribution < 1.29 is 0 Å². The van der Waals surface area contributed by atoms with Crippen LogP contribution in [0.25, 0.3) is 0 Å². The largest absolute Gasteiger partial charge is 0.0816 e. The van der Waals surface area contributed by atoms with Gasteiger partial charge in [0, 0.05) is 0 Å². The van der Waals surface area contributed by atoms with E-state index in [-0.39, 0.29) is 0 Å². The normalized spacial score (nSPS) is 42.1. The summed E-state index contributed by atoms with van der Waals surface area (Å²) < 4.78 is 0. The molecule has 0 N–H and O–H groups in total. The lowest BCUT2D eigenvalue weighted by Gasteiger charge is -2.08. The van der Waals surface area contributed by atoms with Crippen LogP contribution < -0.4 is 0 Å². The Balaban J connectivity index is 2.24. The molecule has 0 aromatic carbocycles. The summed E-state index contributed by atoms with van der Waals surface area (Å²) in [6.07, 6.45) is 5.35. The third-order valence-electron chi connectivity index (χ3n) is 3.28. The first-order chi connectivity index (χ1) is 4.62. The summed E-state index contributed by atoms with van der Waals surface area (Å²) in [6.45, 7) is 7.08. The van der Waals surface area contributed by atoms with Gasteiger partial charge in [-0.25, -0.2) is 0 Å². The lowest BCUT2D eigenvalue weighted by atomic mass is 9.98. The number of hydrogen-bond donors (Lipinski definition) is 0. The van der Waals surface area contributed by atoms with E-state index in [9.17, 15) is 0 Å². The fraction of sp³-hybridized carbons (Fsp3) is 0.800. The molecule has 0 unspecified atom stereocenters. The Morgan fingerprint density at radius 3 is 2.60 bits per heavy atom. The molecule has 0 aliphatic heterocycles. The van der Waals surface area contributed by atoms with Gasteiger partial charge in [0.2, 0.25) is 0 Å². The zero-order valence-electron chi connectivity index (χ0n) is 7.15. The molecule has 2 aliphatic carbocycles. The fourth-order valence-corrected chi connectivity index (χ4v) is 2.34. The van der Waals surface area contributed by atoms with Crippen LogP contribution in [0.2, 0.25) is 0 Å². The second-order valence-electron chi connectivity index (χ2n) is 4.45. The first kappa shape index (κ1) is 6.45. The first-order valence-corrected chi connectivity index (χ1v) is 4.34. The van der Waals surface area contributed by atoms with Crippen molar-refractivity contribution in [2.24, 2.45) is 17.3 Å². The van der Waals surface area contributed by atoms with Crippen LogP contribution in [0.15, 0.2) is 11.6 Å². The van der Waals surface area contributed by atoms with Crippen LogP contribution in [0, 0.1) is 17.3 Å². The van der Waals surface area contributed by atoms with Gasteiger partial charge in [-0.3, -0.25) is 0 Å². The quantitative estimate of drug-likeness (QED) is 0.449. The van der Waals surface area contributed by atoms with Crippen LogP contribution in [0.1, 0.15) is 33.6 Å². The van der Waals surface area contributed by atoms with Gasteiger partial charge in [0.05, 0.1) is 0 Å². The Hall–Kier alpha value is -0.260. The molecule has 0 spiro atoms. The summed E-state index contributed by atoms with van der Waals surface area (Å²) in [5.41, 5.74) is 2.33. The van der Waals surface area contributed by atoms with Crippen molar-refractivity contribution in [1.82, 2.24) is 0 Å². The smallest absolute Gasteiger partial charge is 0.00759 e. The van der Waals surface area contributed by atoms with E-state index in [0.717, 1.165) is 11.8 Å². The fourth-order valence-electron chi connectivity index (χ4n) is 2.34. The van der Waals surface area contributed by atoms with Gasteiger partial charge in [0.1, 0.15) is 0 Å². The molecule has 2 rings (SSSR count).